The molecule has 4 nitrogen and oxygen atoms in total. The van der Waals surface area contributed by atoms with Crippen LogP contribution in [0.5, 0.6) is 0 Å². The Kier molecular flexibility index (Phi) is 4.55. The fourth-order valence-electron chi connectivity index (χ4n) is 1.82. The molecule has 2 N–H and O–H groups in total. The van der Waals surface area contributed by atoms with Crippen LogP contribution in [0.1, 0.15) is 22.8 Å². The predicted molar refractivity (Wildman–Crippen MR) is 79.8 cm³/mol. The third-order valence-electron chi connectivity index (χ3n) is 2.89. The molecule has 0 atom stereocenters. The SMILES string of the molecule is C/C(=N\O)c1ccccc1NC(=O)c1ccc(F)cc1Cl. The maximum absolute atomic E-state index is 13.0. The Labute approximate surface area is 125 Å². The van der Waals surface area contributed by atoms with E-state index in [9.17, 15) is 9.18 Å². The number of rotatable bonds is 3. The molecule has 0 bridgehead atoms. The molecule has 0 unspecified atom stereocenters. The van der Waals surface area contributed by atoms with Crippen molar-refractivity contribution in [2.45, 2.75) is 6.92 Å². The number of hydrogen-bond donors (Lipinski definition) is 2. The Bertz CT molecular complexity index is 717. The first kappa shape index (κ1) is 15.0. The second kappa shape index (κ2) is 6.37. The third kappa shape index (κ3) is 3.38. The van der Waals surface area contributed by atoms with Gasteiger partial charge in [0.15, 0.2) is 0 Å². The van der Waals surface area contributed by atoms with Gasteiger partial charge in [0, 0.05) is 5.56 Å². The number of benzene rings is 2. The van der Waals surface area contributed by atoms with Gasteiger partial charge in [0.1, 0.15) is 5.82 Å². The largest absolute Gasteiger partial charge is 0.411 e. The molecule has 0 aliphatic rings. The molecule has 0 aromatic heterocycles. The highest BCUT2D eigenvalue weighted by atomic mass is 35.5. The van der Waals surface area contributed by atoms with Crippen LogP contribution in [0.4, 0.5) is 10.1 Å². The Morgan fingerprint density at radius 3 is 2.62 bits per heavy atom. The van der Waals surface area contributed by atoms with Gasteiger partial charge < -0.3 is 10.5 Å². The lowest BCUT2D eigenvalue weighted by atomic mass is 10.1. The first-order chi connectivity index (χ1) is 10.0. The van der Waals surface area contributed by atoms with Gasteiger partial charge in [-0.25, -0.2) is 4.39 Å². The van der Waals surface area contributed by atoms with Crippen LogP contribution in [0.2, 0.25) is 5.02 Å². The highest BCUT2D eigenvalue weighted by Gasteiger charge is 2.14. The average Bonchev–Trinajstić information content (AvgIpc) is 2.46. The number of carbonyl (C=O) groups excluding carboxylic acids is 1. The molecule has 0 spiro atoms. The van der Waals surface area contributed by atoms with Gasteiger partial charge in [-0.2, -0.15) is 0 Å². The molecule has 0 saturated heterocycles. The van der Waals surface area contributed by atoms with Crippen LogP contribution in [0.15, 0.2) is 47.6 Å². The highest BCUT2D eigenvalue weighted by Crippen LogP contribution is 2.21. The molecule has 0 saturated carbocycles. The van der Waals surface area contributed by atoms with Gasteiger partial charge in [-0.05, 0) is 31.2 Å². The van der Waals surface area contributed by atoms with E-state index in [4.69, 9.17) is 16.8 Å². The lowest BCUT2D eigenvalue weighted by Gasteiger charge is -2.11. The highest BCUT2D eigenvalue weighted by molar-refractivity contribution is 6.34. The number of para-hydroxylation sites is 1. The minimum Gasteiger partial charge on any atom is -0.411 e. The summed E-state index contributed by atoms with van der Waals surface area (Å²) < 4.78 is 13.0. The van der Waals surface area contributed by atoms with E-state index < -0.39 is 11.7 Å². The number of carbonyl (C=O) groups is 1. The number of amides is 1. The zero-order chi connectivity index (χ0) is 15.4. The van der Waals surface area contributed by atoms with Crippen molar-refractivity contribution in [3.8, 4) is 0 Å². The minimum absolute atomic E-state index is 0.0255. The second-order valence-electron chi connectivity index (χ2n) is 4.31. The van der Waals surface area contributed by atoms with Gasteiger partial charge in [-0.1, -0.05) is 35.0 Å². The normalized spacial score (nSPS) is 11.3. The van der Waals surface area contributed by atoms with Crippen molar-refractivity contribution < 1.29 is 14.4 Å². The fourth-order valence-corrected chi connectivity index (χ4v) is 2.08. The quantitative estimate of drug-likeness (QED) is 0.513. The van der Waals surface area contributed by atoms with Crippen molar-refractivity contribution in [2.75, 3.05) is 5.32 Å². The maximum Gasteiger partial charge on any atom is 0.257 e. The van der Waals surface area contributed by atoms with Crippen LogP contribution in [0.25, 0.3) is 0 Å². The van der Waals surface area contributed by atoms with E-state index in [-0.39, 0.29) is 10.6 Å². The molecular formula is C15H12ClFN2O2. The van der Waals surface area contributed by atoms with Crippen molar-refractivity contribution in [2.24, 2.45) is 5.16 Å². The monoisotopic (exact) mass is 306 g/mol. The second-order valence-corrected chi connectivity index (χ2v) is 4.72. The van der Waals surface area contributed by atoms with Crippen LogP contribution in [-0.4, -0.2) is 16.8 Å². The summed E-state index contributed by atoms with van der Waals surface area (Å²) >= 11 is 5.86. The fraction of sp³-hybridized carbons (Fsp3) is 0.0667. The van der Waals surface area contributed by atoms with E-state index >= 15 is 0 Å². The van der Waals surface area contributed by atoms with Crippen molar-refractivity contribution in [1.29, 1.82) is 0 Å². The summed E-state index contributed by atoms with van der Waals surface area (Å²) in [5.74, 6) is -0.988. The molecule has 2 rings (SSSR count). The number of nitrogens with one attached hydrogen (secondary N) is 1. The average molecular weight is 307 g/mol. The van der Waals surface area contributed by atoms with E-state index in [1.54, 1.807) is 31.2 Å². The van der Waals surface area contributed by atoms with Gasteiger partial charge in [-0.15, -0.1) is 0 Å². The summed E-state index contributed by atoms with van der Waals surface area (Å²) in [4.78, 5) is 12.2. The molecule has 6 heteroatoms. The lowest BCUT2D eigenvalue weighted by molar-refractivity contribution is 0.102. The number of hydrogen-bond acceptors (Lipinski definition) is 3. The summed E-state index contributed by atoms with van der Waals surface area (Å²) in [6.45, 7) is 1.61. The van der Waals surface area contributed by atoms with Crippen molar-refractivity contribution in [3.63, 3.8) is 0 Å². The summed E-state index contributed by atoms with van der Waals surface area (Å²) in [5.41, 5.74) is 1.56. The zero-order valence-electron chi connectivity index (χ0n) is 11.1. The number of anilines is 1. The Morgan fingerprint density at radius 1 is 1.24 bits per heavy atom. The van der Waals surface area contributed by atoms with Crippen molar-refractivity contribution in [1.82, 2.24) is 0 Å². The van der Waals surface area contributed by atoms with Crippen LogP contribution in [0, 0.1) is 5.82 Å². The molecule has 0 aliphatic carbocycles. The lowest BCUT2D eigenvalue weighted by Crippen LogP contribution is -2.15. The number of oxime groups is 1. The van der Waals surface area contributed by atoms with Gasteiger partial charge in [0.25, 0.3) is 5.91 Å². The van der Waals surface area contributed by atoms with Crippen LogP contribution in [0.3, 0.4) is 0 Å². The summed E-state index contributed by atoms with van der Waals surface area (Å²) in [7, 11) is 0. The Morgan fingerprint density at radius 2 is 1.95 bits per heavy atom. The summed E-state index contributed by atoms with van der Waals surface area (Å²) in [5, 5.41) is 14.7. The number of halogens is 2. The Balaban J connectivity index is 2.32. The molecule has 0 heterocycles. The van der Waals surface area contributed by atoms with E-state index in [2.05, 4.69) is 10.5 Å². The first-order valence-corrected chi connectivity index (χ1v) is 6.45. The van der Waals surface area contributed by atoms with E-state index in [1.807, 2.05) is 0 Å². The van der Waals surface area contributed by atoms with Crippen LogP contribution >= 0.6 is 11.6 Å². The van der Waals surface area contributed by atoms with Crippen molar-refractivity contribution >= 4 is 28.9 Å². The molecule has 0 radical (unpaired) electrons. The molecule has 108 valence electrons. The molecule has 1 amide bonds. The first-order valence-electron chi connectivity index (χ1n) is 6.07. The van der Waals surface area contributed by atoms with Crippen molar-refractivity contribution in [3.05, 3.63) is 64.4 Å². The smallest absolute Gasteiger partial charge is 0.257 e. The molecule has 2 aromatic rings. The molecule has 2 aromatic carbocycles. The molecule has 21 heavy (non-hydrogen) atoms. The topological polar surface area (TPSA) is 61.7 Å². The summed E-state index contributed by atoms with van der Waals surface area (Å²) in [6, 6.07) is 10.4. The van der Waals surface area contributed by atoms with Crippen LogP contribution in [-0.2, 0) is 0 Å². The minimum atomic E-state index is -0.514. The third-order valence-corrected chi connectivity index (χ3v) is 3.20. The van der Waals surface area contributed by atoms with E-state index in [0.717, 1.165) is 12.1 Å². The van der Waals surface area contributed by atoms with E-state index in [1.165, 1.54) is 6.07 Å². The molecule has 0 fully saturated rings. The standard InChI is InChI=1S/C15H12ClFN2O2/c1-9(19-21)11-4-2-3-5-14(11)18-15(20)12-7-6-10(17)8-13(12)16/h2-8,21H,1H3,(H,18,20)/b19-9+. The zero-order valence-corrected chi connectivity index (χ0v) is 11.9. The van der Waals surface area contributed by atoms with Gasteiger partial charge in [0.05, 0.1) is 22.0 Å². The maximum atomic E-state index is 13.0. The predicted octanol–water partition coefficient (Wildman–Crippen LogP) is 3.93. The van der Waals surface area contributed by atoms with Gasteiger partial charge in [0.2, 0.25) is 0 Å². The van der Waals surface area contributed by atoms with Gasteiger partial charge >= 0.3 is 0 Å². The van der Waals surface area contributed by atoms with Gasteiger partial charge in [-0.3, -0.25) is 4.79 Å². The van der Waals surface area contributed by atoms with Crippen LogP contribution < -0.4 is 5.32 Å². The molecular weight excluding hydrogens is 295 g/mol. The number of nitrogens with zero attached hydrogens (tertiary/aromatic N) is 1. The molecule has 0 aliphatic heterocycles. The Hall–Kier alpha value is -2.40. The van der Waals surface area contributed by atoms with E-state index in [0.29, 0.717) is 17.0 Å². The summed E-state index contributed by atoms with van der Waals surface area (Å²) in [6.07, 6.45) is 0.